The minimum Gasteiger partial charge on any atom is -0.497 e. The van der Waals surface area contributed by atoms with E-state index in [4.69, 9.17) is 37.4 Å². The first-order valence-electron chi connectivity index (χ1n) is 9.96. The summed E-state index contributed by atoms with van der Waals surface area (Å²) in [6.07, 6.45) is -0.182. The van der Waals surface area contributed by atoms with Crippen LogP contribution in [-0.2, 0) is 19.1 Å². The average Bonchev–Trinajstić information content (AvgIpc) is 3.17. The largest absolute Gasteiger partial charge is 0.497 e. The first-order chi connectivity index (χ1) is 16.2. The third-order valence-electron chi connectivity index (χ3n) is 4.90. The van der Waals surface area contributed by atoms with Crippen molar-refractivity contribution in [2.75, 3.05) is 32.7 Å². The van der Waals surface area contributed by atoms with Crippen LogP contribution in [0.1, 0.15) is 16.8 Å². The van der Waals surface area contributed by atoms with Gasteiger partial charge in [-0.15, -0.1) is 0 Å². The molecule has 2 N–H and O–H groups in total. The Morgan fingerprint density at radius 3 is 2.53 bits per heavy atom. The number of ether oxygens (including phenoxy) is 3. The van der Waals surface area contributed by atoms with Crippen molar-refractivity contribution in [3.8, 4) is 11.5 Å². The maximum atomic E-state index is 12.4. The van der Waals surface area contributed by atoms with E-state index in [1.165, 1.54) is 32.4 Å². The van der Waals surface area contributed by atoms with Crippen molar-refractivity contribution >= 4 is 52.6 Å². The van der Waals surface area contributed by atoms with Gasteiger partial charge in [-0.3, -0.25) is 29.6 Å². The Morgan fingerprint density at radius 2 is 1.85 bits per heavy atom. The van der Waals surface area contributed by atoms with Crippen molar-refractivity contribution in [2.24, 2.45) is 5.92 Å². The van der Waals surface area contributed by atoms with Crippen LogP contribution in [0.25, 0.3) is 0 Å². The topological polar surface area (TPSA) is 123 Å². The second-order valence-electron chi connectivity index (χ2n) is 7.19. The number of anilines is 1. The van der Waals surface area contributed by atoms with Gasteiger partial charge in [0.25, 0.3) is 11.8 Å². The van der Waals surface area contributed by atoms with E-state index in [-0.39, 0.29) is 23.6 Å². The Morgan fingerprint density at radius 1 is 1.09 bits per heavy atom. The number of hydrazine groups is 1. The summed E-state index contributed by atoms with van der Waals surface area (Å²) in [6, 6.07) is 9.14. The number of methoxy groups -OCH3 is 2. The van der Waals surface area contributed by atoms with Crippen molar-refractivity contribution in [3.63, 3.8) is 0 Å². The van der Waals surface area contributed by atoms with Gasteiger partial charge < -0.3 is 19.5 Å². The van der Waals surface area contributed by atoms with Gasteiger partial charge in [-0.1, -0.05) is 23.2 Å². The fourth-order valence-corrected chi connectivity index (χ4v) is 3.68. The molecule has 12 heteroatoms. The number of halogens is 2. The molecule has 1 aliphatic heterocycles. The van der Waals surface area contributed by atoms with Gasteiger partial charge in [0.15, 0.2) is 6.61 Å². The third-order valence-corrected chi connectivity index (χ3v) is 5.44. The molecular weight excluding hydrogens is 489 g/mol. The van der Waals surface area contributed by atoms with Crippen molar-refractivity contribution < 1.29 is 33.4 Å². The van der Waals surface area contributed by atoms with Crippen LogP contribution in [-0.4, -0.2) is 56.1 Å². The van der Waals surface area contributed by atoms with Gasteiger partial charge in [-0.2, -0.15) is 0 Å². The normalized spacial score (nSPS) is 15.0. The Labute approximate surface area is 205 Å². The van der Waals surface area contributed by atoms with E-state index in [0.29, 0.717) is 22.2 Å². The van der Waals surface area contributed by atoms with Gasteiger partial charge >= 0.3 is 5.97 Å². The van der Waals surface area contributed by atoms with Crippen molar-refractivity contribution in [1.82, 2.24) is 10.4 Å². The Balaban J connectivity index is 1.52. The number of hydrogen-bond acceptors (Lipinski definition) is 7. The van der Waals surface area contributed by atoms with Crippen molar-refractivity contribution in [1.29, 1.82) is 0 Å². The standard InChI is InChI=1S/C22H21Cl2N3O7/c1-32-14-4-6-18(33-2)17(9-14)25-19(28)11-34-22(31)12-7-20(29)27(10-12)26-21(30)15-5-3-13(23)8-16(15)24/h3-6,8-9,12H,7,10-11H2,1-2H3,(H,25,28)(H,26,30)/t12-/m0/s1. The van der Waals surface area contributed by atoms with Gasteiger partial charge in [-0.25, -0.2) is 0 Å². The second kappa shape index (κ2) is 11.1. The Kier molecular flexibility index (Phi) is 8.19. The second-order valence-corrected chi connectivity index (χ2v) is 8.04. The Bertz CT molecular complexity index is 1130. The smallest absolute Gasteiger partial charge is 0.311 e. The molecule has 180 valence electrons. The van der Waals surface area contributed by atoms with Crippen LogP contribution in [0.4, 0.5) is 5.69 Å². The SMILES string of the molecule is COc1ccc(OC)c(NC(=O)COC(=O)[C@H]2CC(=O)N(NC(=O)c3ccc(Cl)cc3Cl)C2)c1. The maximum Gasteiger partial charge on any atom is 0.311 e. The highest BCUT2D eigenvalue weighted by Crippen LogP contribution is 2.29. The third kappa shape index (κ3) is 6.09. The van der Waals surface area contributed by atoms with Gasteiger partial charge in [-0.05, 0) is 30.3 Å². The highest BCUT2D eigenvalue weighted by atomic mass is 35.5. The molecule has 1 atom stereocenters. The summed E-state index contributed by atoms with van der Waals surface area (Å²) < 4.78 is 15.4. The van der Waals surface area contributed by atoms with Gasteiger partial charge in [0, 0.05) is 17.5 Å². The van der Waals surface area contributed by atoms with Crippen molar-refractivity contribution in [3.05, 3.63) is 52.0 Å². The van der Waals surface area contributed by atoms with E-state index in [1.54, 1.807) is 18.2 Å². The first-order valence-corrected chi connectivity index (χ1v) is 10.7. The number of amides is 3. The van der Waals surface area contributed by atoms with E-state index < -0.39 is 36.2 Å². The van der Waals surface area contributed by atoms with Crippen LogP contribution in [0.5, 0.6) is 11.5 Å². The number of nitrogens with one attached hydrogen (secondary N) is 2. The zero-order chi connectivity index (χ0) is 24.8. The molecule has 0 aliphatic carbocycles. The van der Waals surface area contributed by atoms with Crippen LogP contribution in [0.3, 0.4) is 0 Å². The molecule has 2 aromatic rings. The molecule has 34 heavy (non-hydrogen) atoms. The fraction of sp³-hybridized carbons (Fsp3) is 0.273. The summed E-state index contributed by atoms with van der Waals surface area (Å²) in [6.45, 7) is -0.684. The van der Waals surface area contributed by atoms with Gasteiger partial charge in [0.1, 0.15) is 11.5 Å². The summed E-state index contributed by atoms with van der Waals surface area (Å²) in [7, 11) is 2.92. The monoisotopic (exact) mass is 509 g/mol. The van der Waals surface area contributed by atoms with Gasteiger partial charge in [0.05, 0.1) is 43.0 Å². The molecule has 1 aliphatic rings. The molecule has 0 spiro atoms. The number of carbonyl (C=O) groups excluding carboxylic acids is 4. The predicted molar refractivity (Wildman–Crippen MR) is 123 cm³/mol. The van der Waals surface area contributed by atoms with Crippen molar-refractivity contribution in [2.45, 2.75) is 6.42 Å². The van der Waals surface area contributed by atoms with E-state index in [2.05, 4.69) is 10.7 Å². The molecule has 3 amide bonds. The van der Waals surface area contributed by atoms with E-state index in [9.17, 15) is 19.2 Å². The molecule has 1 heterocycles. The summed E-state index contributed by atoms with van der Waals surface area (Å²) >= 11 is 11.8. The summed E-state index contributed by atoms with van der Waals surface area (Å²) in [4.78, 5) is 49.3. The highest BCUT2D eigenvalue weighted by molar-refractivity contribution is 6.36. The molecule has 0 aromatic heterocycles. The minimum absolute atomic E-state index is 0.111. The molecule has 0 saturated carbocycles. The molecule has 1 fully saturated rings. The molecule has 3 rings (SSSR count). The summed E-state index contributed by atoms with van der Waals surface area (Å²) in [5, 5.41) is 4.06. The molecular formula is C22H21Cl2N3O7. The number of hydrogen-bond donors (Lipinski definition) is 2. The predicted octanol–water partition coefficient (Wildman–Crippen LogP) is 2.69. The number of nitrogens with zero attached hydrogens (tertiary/aromatic N) is 1. The molecule has 1 saturated heterocycles. The Hall–Kier alpha value is -3.50. The quantitative estimate of drug-likeness (QED) is 0.524. The van der Waals surface area contributed by atoms with Crippen LogP contribution < -0.4 is 20.2 Å². The minimum atomic E-state index is -0.854. The number of carbonyl (C=O) groups is 4. The fourth-order valence-electron chi connectivity index (χ4n) is 3.18. The lowest BCUT2D eigenvalue weighted by atomic mass is 10.1. The lowest BCUT2D eigenvalue weighted by Gasteiger charge is -2.18. The lowest BCUT2D eigenvalue weighted by Crippen LogP contribution is -2.43. The van der Waals surface area contributed by atoms with Crippen LogP contribution in [0, 0.1) is 5.92 Å². The first kappa shape index (κ1) is 25.1. The number of esters is 1. The summed E-state index contributed by atoms with van der Waals surface area (Å²) in [5.74, 6) is -2.42. The van der Waals surface area contributed by atoms with E-state index in [1.807, 2.05) is 0 Å². The zero-order valence-corrected chi connectivity index (χ0v) is 19.7. The van der Waals surface area contributed by atoms with Crippen LogP contribution in [0.15, 0.2) is 36.4 Å². The number of rotatable bonds is 8. The highest BCUT2D eigenvalue weighted by Gasteiger charge is 2.37. The number of benzene rings is 2. The van der Waals surface area contributed by atoms with Crippen LogP contribution >= 0.6 is 23.2 Å². The van der Waals surface area contributed by atoms with E-state index >= 15 is 0 Å². The zero-order valence-electron chi connectivity index (χ0n) is 18.2. The summed E-state index contributed by atoms with van der Waals surface area (Å²) in [5.41, 5.74) is 2.88. The average molecular weight is 510 g/mol. The van der Waals surface area contributed by atoms with Crippen LogP contribution in [0.2, 0.25) is 10.0 Å². The molecule has 2 aromatic carbocycles. The molecule has 10 nitrogen and oxygen atoms in total. The van der Waals surface area contributed by atoms with Gasteiger partial charge in [0.2, 0.25) is 5.91 Å². The molecule has 0 radical (unpaired) electrons. The molecule has 0 bridgehead atoms. The maximum absolute atomic E-state index is 12.4. The van der Waals surface area contributed by atoms with E-state index in [0.717, 1.165) is 5.01 Å². The molecule has 0 unspecified atom stereocenters. The lowest BCUT2D eigenvalue weighted by molar-refractivity contribution is -0.151.